The Morgan fingerprint density at radius 1 is 1.04 bits per heavy atom. The highest BCUT2D eigenvalue weighted by molar-refractivity contribution is 5.80. The number of likely N-dealkylation sites (tertiary alicyclic amines) is 1. The van der Waals surface area contributed by atoms with Gasteiger partial charge in [-0.3, -0.25) is 9.59 Å². The molecule has 0 saturated carbocycles. The van der Waals surface area contributed by atoms with Gasteiger partial charge in [0.25, 0.3) is 0 Å². The van der Waals surface area contributed by atoms with Gasteiger partial charge in [-0.05, 0) is 28.8 Å². The van der Waals surface area contributed by atoms with Gasteiger partial charge in [0.05, 0.1) is 12.5 Å². The minimum atomic E-state index is -0.0286. The summed E-state index contributed by atoms with van der Waals surface area (Å²) in [6.07, 6.45) is 0.361. The van der Waals surface area contributed by atoms with E-state index in [1.54, 1.807) is 6.92 Å². The summed E-state index contributed by atoms with van der Waals surface area (Å²) in [5.74, 6) is 0.698. The molecule has 0 aromatic heterocycles. The van der Waals surface area contributed by atoms with E-state index in [0.717, 1.165) is 17.8 Å². The van der Waals surface area contributed by atoms with Gasteiger partial charge in [0.15, 0.2) is 0 Å². The van der Waals surface area contributed by atoms with Crippen LogP contribution in [0.15, 0.2) is 48.5 Å². The van der Waals surface area contributed by atoms with Crippen LogP contribution in [-0.4, -0.2) is 43.9 Å². The first-order valence-electron chi connectivity index (χ1n) is 9.84. The van der Waals surface area contributed by atoms with E-state index in [9.17, 15) is 9.59 Å². The van der Waals surface area contributed by atoms with E-state index in [4.69, 9.17) is 0 Å². The third-order valence-electron chi connectivity index (χ3n) is 6.10. The van der Waals surface area contributed by atoms with E-state index in [1.807, 2.05) is 60.3 Å². The fourth-order valence-corrected chi connectivity index (χ4v) is 4.62. The van der Waals surface area contributed by atoms with Crippen molar-refractivity contribution in [3.63, 3.8) is 0 Å². The Bertz CT molecular complexity index is 891. The first kappa shape index (κ1) is 18.5. The Kier molecular flexibility index (Phi) is 4.84. The summed E-state index contributed by atoms with van der Waals surface area (Å²) in [6.45, 7) is 3.07. The van der Waals surface area contributed by atoms with Gasteiger partial charge in [0, 0.05) is 51.6 Å². The Hall–Kier alpha value is -2.82. The largest absolute Gasteiger partial charge is 0.378 e. The number of fused-ring (bicyclic) bond motifs is 3. The number of hydrogen-bond acceptors (Lipinski definition) is 3. The zero-order valence-electron chi connectivity index (χ0n) is 16.7. The van der Waals surface area contributed by atoms with Crippen LogP contribution >= 0.6 is 0 Å². The van der Waals surface area contributed by atoms with Crippen molar-refractivity contribution in [2.24, 2.45) is 5.92 Å². The van der Waals surface area contributed by atoms with Crippen LogP contribution < -0.4 is 10.2 Å². The Morgan fingerprint density at radius 2 is 1.71 bits per heavy atom. The van der Waals surface area contributed by atoms with E-state index in [1.165, 1.54) is 11.1 Å². The van der Waals surface area contributed by atoms with E-state index < -0.39 is 0 Å². The van der Waals surface area contributed by atoms with Gasteiger partial charge in [0.2, 0.25) is 11.8 Å². The standard InChI is InChI=1S/C23H27N3O2/c1-15(27)26-13-20-18-6-4-5-7-19(18)23(21(20)14-26)24-22(28)12-16-8-10-17(11-9-16)25(2)3/h4-11,20-21,23H,12-14H2,1-3H3,(H,24,28)/t20-,21-,23-/m0/s1. The van der Waals surface area contributed by atoms with Gasteiger partial charge >= 0.3 is 0 Å². The number of benzene rings is 2. The molecule has 1 N–H and O–H groups in total. The molecule has 0 bridgehead atoms. The Labute approximate surface area is 166 Å². The first-order valence-corrected chi connectivity index (χ1v) is 9.84. The van der Waals surface area contributed by atoms with Gasteiger partial charge in [-0.25, -0.2) is 0 Å². The third-order valence-corrected chi connectivity index (χ3v) is 6.10. The zero-order valence-corrected chi connectivity index (χ0v) is 16.7. The monoisotopic (exact) mass is 377 g/mol. The highest BCUT2D eigenvalue weighted by atomic mass is 16.2. The van der Waals surface area contributed by atoms with Crippen molar-refractivity contribution in [3.8, 4) is 0 Å². The van der Waals surface area contributed by atoms with Crippen molar-refractivity contribution in [2.75, 3.05) is 32.1 Å². The molecule has 5 heteroatoms. The number of carbonyl (C=O) groups excluding carboxylic acids is 2. The average molecular weight is 377 g/mol. The molecule has 2 aromatic carbocycles. The number of nitrogens with one attached hydrogen (secondary N) is 1. The summed E-state index contributed by atoms with van der Waals surface area (Å²) >= 11 is 0. The molecule has 1 aliphatic carbocycles. The maximum absolute atomic E-state index is 12.8. The molecule has 2 amide bonds. The highest BCUT2D eigenvalue weighted by Gasteiger charge is 2.47. The minimum absolute atomic E-state index is 0.0272. The molecular formula is C23H27N3O2. The van der Waals surface area contributed by atoms with Crippen molar-refractivity contribution in [1.29, 1.82) is 0 Å². The molecule has 2 aromatic rings. The molecule has 28 heavy (non-hydrogen) atoms. The zero-order chi connectivity index (χ0) is 19.8. The molecule has 0 unspecified atom stereocenters. The van der Waals surface area contributed by atoms with E-state index >= 15 is 0 Å². The molecule has 1 fully saturated rings. The number of carbonyl (C=O) groups is 2. The van der Waals surface area contributed by atoms with Crippen LogP contribution in [0.25, 0.3) is 0 Å². The predicted octanol–water partition coefficient (Wildman–Crippen LogP) is 2.73. The van der Waals surface area contributed by atoms with Crippen LogP contribution in [0.2, 0.25) is 0 Å². The second-order valence-electron chi connectivity index (χ2n) is 8.11. The first-order chi connectivity index (χ1) is 13.4. The van der Waals surface area contributed by atoms with Crippen LogP contribution in [0.1, 0.15) is 35.6 Å². The molecule has 1 heterocycles. The molecule has 5 nitrogen and oxygen atoms in total. The second kappa shape index (κ2) is 7.30. The number of nitrogens with zero attached hydrogens (tertiary/aromatic N) is 2. The molecule has 3 atom stereocenters. The lowest BCUT2D eigenvalue weighted by Crippen LogP contribution is -2.35. The lowest BCUT2D eigenvalue weighted by Gasteiger charge is -2.22. The van der Waals surface area contributed by atoms with Crippen molar-refractivity contribution in [1.82, 2.24) is 10.2 Å². The third kappa shape index (κ3) is 3.37. The summed E-state index contributed by atoms with van der Waals surface area (Å²) in [4.78, 5) is 28.6. The lowest BCUT2D eigenvalue weighted by atomic mass is 9.94. The lowest BCUT2D eigenvalue weighted by molar-refractivity contribution is -0.128. The van der Waals surface area contributed by atoms with Crippen LogP contribution in [0, 0.1) is 5.92 Å². The molecule has 2 aliphatic rings. The Morgan fingerprint density at radius 3 is 2.36 bits per heavy atom. The number of anilines is 1. The van der Waals surface area contributed by atoms with Gasteiger partial charge in [0.1, 0.15) is 0 Å². The minimum Gasteiger partial charge on any atom is -0.378 e. The van der Waals surface area contributed by atoms with Crippen molar-refractivity contribution in [2.45, 2.75) is 25.3 Å². The number of amides is 2. The summed E-state index contributed by atoms with van der Waals surface area (Å²) in [5, 5.41) is 3.26. The van der Waals surface area contributed by atoms with Crippen LogP contribution in [0.3, 0.4) is 0 Å². The molecule has 146 valence electrons. The fraction of sp³-hybridized carbons (Fsp3) is 0.391. The summed E-state index contributed by atoms with van der Waals surface area (Å²) < 4.78 is 0. The molecule has 4 rings (SSSR count). The molecule has 1 saturated heterocycles. The molecular weight excluding hydrogens is 350 g/mol. The van der Waals surface area contributed by atoms with Crippen molar-refractivity contribution in [3.05, 3.63) is 65.2 Å². The normalized spacial score (nSPS) is 22.5. The quantitative estimate of drug-likeness (QED) is 0.891. The van der Waals surface area contributed by atoms with Gasteiger partial charge < -0.3 is 15.1 Å². The van der Waals surface area contributed by atoms with Gasteiger partial charge in [-0.15, -0.1) is 0 Å². The maximum Gasteiger partial charge on any atom is 0.224 e. The maximum atomic E-state index is 12.8. The van der Waals surface area contributed by atoms with Crippen LogP contribution in [-0.2, 0) is 16.0 Å². The average Bonchev–Trinajstić information content (AvgIpc) is 3.22. The second-order valence-corrected chi connectivity index (χ2v) is 8.11. The molecule has 0 radical (unpaired) electrons. The fourth-order valence-electron chi connectivity index (χ4n) is 4.62. The number of rotatable bonds is 4. The van der Waals surface area contributed by atoms with Gasteiger partial charge in [-0.1, -0.05) is 36.4 Å². The topological polar surface area (TPSA) is 52.7 Å². The molecule has 0 spiro atoms. The van der Waals surface area contributed by atoms with Gasteiger partial charge in [-0.2, -0.15) is 0 Å². The summed E-state index contributed by atoms with van der Waals surface area (Å²) in [6, 6.07) is 16.4. The van der Waals surface area contributed by atoms with Crippen LogP contribution in [0.4, 0.5) is 5.69 Å². The van der Waals surface area contributed by atoms with Crippen molar-refractivity contribution < 1.29 is 9.59 Å². The highest BCUT2D eigenvalue weighted by Crippen LogP contribution is 2.49. The summed E-state index contributed by atoms with van der Waals surface area (Å²) in [5.41, 5.74) is 4.60. The SMILES string of the molecule is CC(=O)N1C[C@H]2[C@@H](C1)c1ccccc1[C@@H]2NC(=O)Cc1ccc(N(C)C)cc1. The van der Waals surface area contributed by atoms with E-state index in [0.29, 0.717) is 18.9 Å². The molecule has 1 aliphatic heterocycles. The van der Waals surface area contributed by atoms with Crippen molar-refractivity contribution >= 4 is 17.5 Å². The van der Waals surface area contributed by atoms with E-state index in [2.05, 4.69) is 17.4 Å². The van der Waals surface area contributed by atoms with Crippen LogP contribution in [0.5, 0.6) is 0 Å². The Balaban J connectivity index is 1.50. The van der Waals surface area contributed by atoms with E-state index in [-0.39, 0.29) is 23.8 Å². The summed E-state index contributed by atoms with van der Waals surface area (Å²) in [7, 11) is 4.00. The number of hydrogen-bond donors (Lipinski definition) is 1. The smallest absolute Gasteiger partial charge is 0.224 e. The predicted molar refractivity (Wildman–Crippen MR) is 110 cm³/mol.